The fourth-order valence-electron chi connectivity index (χ4n) is 1.68. The summed E-state index contributed by atoms with van der Waals surface area (Å²) < 4.78 is 5.10. The van der Waals surface area contributed by atoms with Gasteiger partial charge in [-0.2, -0.15) is 4.99 Å². The van der Waals surface area contributed by atoms with E-state index in [2.05, 4.69) is 11.6 Å². The highest BCUT2D eigenvalue weighted by molar-refractivity contribution is 8.18. The van der Waals surface area contributed by atoms with Crippen molar-refractivity contribution in [1.82, 2.24) is 4.90 Å². The molecule has 0 fully saturated rings. The Hall–Kier alpha value is -2.01. The van der Waals surface area contributed by atoms with Crippen LogP contribution in [0, 0.1) is 0 Å². The molecule has 4 nitrogen and oxygen atoms in total. The van der Waals surface area contributed by atoms with Crippen LogP contribution in [-0.4, -0.2) is 36.7 Å². The van der Waals surface area contributed by atoms with Crippen LogP contribution in [0.3, 0.4) is 0 Å². The second-order valence-electron chi connectivity index (χ2n) is 4.25. The summed E-state index contributed by atoms with van der Waals surface area (Å²) in [6.45, 7) is 4.34. The fraction of sp³-hybridized carbons (Fsp3) is 0.200. The van der Waals surface area contributed by atoms with Gasteiger partial charge in [0.05, 0.1) is 12.0 Å². The number of amides is 1. The average Bonchev–Trinajstić information content (AvgIpc) is 2.81. The van der Waals surface area contributed by atoms with Crippen LogP contribution in [0.4, 0.5) is 0 Å². The number of amidine groups is 1. The van der Waals surface area contributed by atoms with Crippen LogP contribution in [0.2, 0.25) is 0 Å². The molecule has 0 atom stereocenters. The highest BCUT2D eigenvalue weighted by Gasteiger charge is 2.23. The zero-order chi connectivity index (χ0) is 14.5. The maximum atomic E-state index is 11.9. The van der Waals surface area contributed by atoms with Gasteiger partial charge >= 0.3 is 0 Å². The minimum Gasteiger partial charge on any atom is -0.497 e. The van der Waals surface area contributed by atoms with Crippen LogP contribution in [0.15, 0.2) is 46.8 Å². The minimum absolute atomic E-state index is 0.197. The van der Waals surface area contributed by atoms with Crippen molar-refractivity contribution in [3.63, 3.8) is 0 Å². The second-order valence-corrected chi connectivity index (χ2v) is 5.26. The van der Waals surface area contributed by atoms with E-state index in [0.29, 0.717) is 16.6 Å². The number of aliphatic imine (C=N–C) groups is 1. The van der Waals surface area contributed by atoms with Crippen LogP contribution in [0.25, 0.3) is 6.08 Å². The summed E-state index contributed by atoms with van der Waals surface area (Å²) in [5.74, 6) is 0.594. The first-order valence-electron chi connectivity index (χ1n) is 6.12. The maximum Gasteiger partial charge on any atom is 0.286 e. The highest BCUT2D eigenvalue weighted by Crippen LogP contribution is 2.29. The molecule has 0 N–H and O–H groups in total. The third-order valence-electron chi connectivity index (χ3n) is 2.75. The number of likely N-dealkylation sites (N-methyl/N-ethyl adjacent to an activating group) is 1. The Kier molecular flexibility index (Phi) is 4.63. The number of carbonyl (C=O) groups is 1. The molecule has 0 bridgehead atoms. The van der Waals surface area contributed by atoms with Crippen molar-refractivity contribution in [2.75, 3.05) is 20.7 Å². The van der Waals surface area contributed by atoms with Crippen LogP contribution >= 0.6 is 11.8 Å². The molecule has 1 amide bonds. The lowest BCUT2D eigenvalue weighted by atomic mass is 10.2. The molecular weight excluding hydrogens is 272 g/mol. The Morgan fingerprint density at radius 2 is 2.10 bits per heavy atom. The summed E-state index contributed by atoms with van der Waals surface area (Å²) in [5, 5.41) is 0.703. The summed E-state index contributed by atoms with van der Waals surface area (Å²) >= 11 is 1.38. The molecular formula is C15H16N2O2S. The maximum absolute atomic E-state index is 11.9. The van der Waals surface area contributed by atoms with E-state index < -0.39 is 0 Å². The lowest BCUT2D eigenvalue weighted by Crippen LogP contribution is -2.22. The number of rotatable bonds is 4. The van der Waals surface area contributed by atoms with E-state index >= 15 is 0 Å². The van der Waals surface area contributed by atoms with Crippen molar-refractivity contribution < 1.29 is 9.53 Å². The van der Waals surface area contributed by atoms with Gasteiger partial charge in [-0.1, -0.05) is 18.2 Å². The van der Waals surface area contributed by atoms with Gasteiger partial charge in [-0.3, -0.25) is 4.79 Å². The van der Waals surface area contributed by atoms with Crippen molar-refractivity contribution in [1.29, 1.82) is 0 Å². The predicted molar refractivity (Wildman–Crippen MR) is 83.8 cm³/mol. The third kappa shape index (κ3) is 3.30. The molecule has 2 rings (SSSR count). The Labute approximate surface area is 122 Å². The van der Waals surface area contributed by atoms with Crippen LogP contribution in [0.5, 0.6) is 5.75 Å². The predicted octanol–water partition coefficient (Wildman–Crippen LogP) is 2.78. The third-order valence-corrected chi connectivity index (χ3v) is 3.85. The van der Waals surface area contributed by atoms with Gasteiger partial charge in [-0.25, -0.2) is 0 Å². The van der Waals surface area contributed by atoms with E-state index in [4.69, 9.17) is 4.74 Å². The van der Waals surface area contributed by atoms with E-state index in [9.17, 15) is 4.79 Å². The number of ether oxygens (including phenoxy) is 1. The quantitative estimate of drug-likeness (QED) is 0.631. The Morgan fingerprint density at radius 3 is 2.70 bits per heavy atom. The number of hydrogen-bond donors (Lipinski definition) is 0. The molecule has 1 aliphatic heterocycles. The van der Waals surface area contributed by atoms with Gasteiger partial charge in [0.25, 0.3) is 5.91 Å². The molecule has 1 aromatic carbocycles. The molecule has 1 aromatic rings. The minimum atomic E-state index is -0.197. The monoisotopic (exact) mass is 288 g/mol. The summed E-state index contributed by atoms with van der Waals surface area (Å²) in [5.41, 5.74) is 0.949. The molecule has 20 heavy (non-hydrogen) atoms. The van der Waals surface area contributed by atoms with Gasteiger partial charge in [0.1, 0.15) is 5.75 Å². The van der Waals surface area contributed by atoms with E-state index in [-0.39, 0.29) is 5.91 Å². The van der Waals surface area contributed by atoms with Crippen LogP contribution < -0.4 is 4.74 Å². The molecule has 1 heterocycles. The number of hydrogen-bond acceptors (Lipinski definition) is 4. The van der Waals surface area contributed by atoms with Gasteiger partial charge in [-0.05, 0) is 35.5 Å². The Bertz CT molecular complexity index is 576. The lowest BCUT2D eigenvalue weighted by Gasteiger charge is -2.14. The first-order chi connectivity index (χ1) is 9.63. The first kappa shape index (κ1) is 14.4. The molecule has 0 aromatic heterocycles. The van der Waals surface area contributed by atoms with E-state index in [1.165, 1.54) is 11.8 Å². The summed E-state index contributed by atoms with van der Waals surface area (Å²) in [6.07, 6.45) is 3.61. The zero-order valence-electron chi connectivity index (χ0n) is 11.5. The SMILES string of the molecule is C=CCN(C)C1=NC(=O)C(=Cc2ccc(OC)cc2)S1. The summed E-state index contributed by atoms with van der Waals surface area (Å²) in [7, 11) is 3.51. The first-order valence-corrected chi connectivity index (χ1v) is 6.94. The van der Waals surface area contributed by atoms with E-state index in [1.54, 1.807) is 13.2 Å². The molecule has 0 saturated carbocycles. The number of methoxy groups -OCH3 is 1. The summed E-state index contributed by atoms with van der Waals surface area (Å²) in [4.78, 5) is 18.4. The largest absolute Gasteiger partial charge is 0.497 e. The molecule has 0 spiro atoms. The molecule has 5 heteroatoms. The Balaban J connectivity index is 2.12. The van der Waals surface area contributed by atoms with Gasteiger partial charge < -0.3 is 9.64 Å². The number of thioether (sulfide) groups is 1. The lowest BCUT2D eigenvalue weighted by molar-refractivity contribution is -0.113. The van der Waals surface area contributed by atoms with Crippen LogP contribution in [0.1, 0.15) is 5.56 Å². The number of benzene rings is 1. The molecule has 1 aliphatic rings. The average molecular weight is 288 g/mol. The van der Waals surface area contributed by atoms with Crippen LogP contribution in [-0.2, 0) is 4.79 Å². The van der Waals surface area contributed by atoms with Crippen molar-refractivity contribution in [3.8, 4) is 5.75 Å². The number of nitrogens with zero attached hydrogens (tertiary/aromatic N) is 2. The van der Waals surface area contributed by atoms with Gasteiger partial charge in [0.2, 0.25) is 0 Å². The molecule has 104 valence electrons. The number of carbonyl (C=O) groups excluding carboxylic acids is 1. The highest BCUT2D eigenvalue weighted by atomic mass is 32.2. The summed E-state index contributed by atoms with van der Waals surface area (Å²) in [6, 6.07) is 7.54. The topological polar surface area (TPSA) is 41.9 Å². The second kappa shape index (κ2) is 6.43. The standard InChI is InChI=1S/C15H16N2O2S/c1-4-9-17(2)15-16-14(18)13(20-15)10-11-5-7-12(19-3)8-6-11/h4-8,10H,1,9H2,2-3H3. The van der Waals surface area contributed by atoms with Gasteiger partial charge in [0, 0.05) is 13.6 Å². The van der Waals surface area contributed by atoms with Crippen molar-refractivity contribution in [2.24, 2.45) is 4.99 Å². The zero-order valence-corrected chi connectivity index (χ0v) is 12.3. The van der Waals surface area contributed by atoms with E-state index in [1.807, 2.05) is 42.3 Å². The van der Waals surface area contributed by atoms with Crippen molar-refractivity contribution in [2.45, 2.75) is 0 Å². The van der Waals surface area contributed by atoms with E-state index in [0.717, 1.165) is 11.3 Å². The van der Waals surface area contributed by atoms with Gasteiger partial charge in [0.15, 0.2) is 5.17 Å². The smallest absolute Gasteiger partial charge is 0.286 e. The molecule has 0 saturated heterocycles. The fourth-order valence-corrected chi connectivity index (χ4v) is 2.57. The molecule has 0 aliphatic carbocycles. The molecule has 0 radical (unpaired) electrons. The van der Waals surface area contributed by atoms with Crippen molar-refractivity contribution in [3.05, 3.63) is 47.4 Å². The normalized spacial score (nSPS) is 16.2. The van der Waals surface area contributed by atoms with Gasteiger partial charge in [-0.15, -0.1) is 6.58 Å². The van der Waals surface area contributed by atoms with Crippen molar-refractivity contribution >= 4 is 28.9 Å². The molecule has 0 unspecified atom stereocenters. The Morgan fingerprint density at radius 1 is 1.40 bits per heavy atom.